The Morgan fingerprint density at radius 2 is 1.65 bits per heavy atom. The topological polar surface area (TPSA) is 78.0 Å². The summed E-state index contributed by atoms with van der Waals surface area (Å²) < 4.78 is 13.8. The molecule has 2 aromatic heterocycles. The van der Waals surface area contributed by atoms with Gasteiger partial charge in [-0.1, -0.05) is 46.9 Å². The van der Waals surface area contributed by atoms with Gasteiger partial charge in [-0.3, -0.25) is 4.79 Å². The van der Waals surface area contributed by atoms with E-state index < -0.39 is 5.91 Å². The molecule has 0 saturated heterocycles. The van der Waals surface area contributed by atoms with Crippen LogP contribution >= 0.6 is 34.8 Å². The fraction of sp³-hybridized carbons (Fsp3) is 0.111. The number of hydrogen-bond acceptors (Lipinski definition) is 4. The second-order valence-corrected chi connectivity index (χ2v) is 9.49. The van der Waals surface area contributed by atoms with Crippen molar-refractivity contribution in [3.05, 3.63) is 98.5 Å². The van der Waals surface area contributed by atoms with Gasteiger partial charge in [-0.2, -0.15) is 4.73 Å². The van der Waals surface area contributed by atoms with Crippen LogP contribution in [0.1, 0.15) is 15.9 Å². The SMILES string of the molecule is COc1ccc(Cn2c3ccc(Cl)cc3c3c(C(=O)N=c4c(Cl)cn(O)cc4Cl)ccc(OC)c32)cc1. The first kappa shape index (κ1) is 25.0. The van der Waals surface area contributed by atoms with Crippen LogP contribution in [-0.2, 0) is 6.54 Å². The van der Waals surface area contributed by atoms with Gasteiger partial charge in [0.2, 0.25) is 0 Å². The van der Waals surface area contributed by atoms with Gasteiger partial charge in [-0.25, -0.2) is 4.99 Å². The molecule has 0 aliphatic carbocycles. The fourth-order valence-corrected chi connectivity index (χ4v) is 5.08. The van der Waals surface area contributed by atoms with Crippen LogP contribution in [0.25, 0.3) is 21.8 Å². The van der Waals surface area contributed by atoms with Gasteiger partial charge in [-0.15, -0.1) is 0 Å². The van der Waals surface area contributed by atoms with Crippen LogP contribution in [-0.4, -0.2) is 34.6 Å². The number of halogens is 3. The maximum atomic E-state index is 13.5. The molecule has 0 unspecified atom stereocenters. The number of hydrogen-bond donors (Lipinski definition) is 1. The summed E-state index contributed by atoms with van der Waals surface area (Å²) in [6.45, 7) is 0.504. The van der Waals surface area contributed by atoms with Crippen LogP contribution in [0.4, 0.5) is 0 Å². The smallest absolute Gasteiger partial charge is 0.278 e. The lowest BCUT2D eigenvalue weighted by molar-refractivity contribution is 0.0999. The molecular weight excluding hydrogens is 537 g/mol. The Bertz CT molecular complexity index is 1710. The Hall–Kier alpha value is -3.65. The van der Waals surface area contributed by atoms with E-state index in [4.69, 9.17) is 44.3 Å². The van der Waals surface area contributed by atoms with E-state index in [0.29, 0.717) is 33.0 Å². The summed E-state index contributed by atoms with van der Waals surface area (Å²) in [5.41, 5.74) is 2.93. The van der Waals surface area contributed by atoms with Crippen molar-refractivity contribution in [3.63, 3.8) is 0 Å². The Morgan fingerprint density at radius 1 is 0.946 bits per heavy atom. The summed E-state index contributed by atoms with van der Waals surface area (Å²) in [6.07, 6.45) is 2.40. The molecule has 2 heterocycles. The maximum absolute atomic E-state index is 13.5. The third-order valence-corrected chi connectivity index (χ3v) is 6.82. The van der Waals surface area contributed by atoms with Crippen molar-refractivity contribution in [1.82, 2.24) is 9.30 Å². The highest BCUT2D eigenvalue weighted by atomic mass is 35.5. The lowest BCUT2D eigenvalue weighted by Crippen LogP contribution is -2.12. The van der Waals surface area contributed by atoms with E-state index in [9.17, 15) is 10.0 Å². The van der Waals surface area contributed by atoms with Crippen LogP contribution in [0.15, 0.2) is 72.0 Å². The molecule has 5 aromatic rings. The van der Waals surface area contributed by atoms with Gasteiger partial charge in [0.15, 0.2) is 0 Å². The molecule has 0 spiro atoms. The lowest BCUT2D eigenvalue weighted by Gasteiger charge is -2.12. The number of rotatable bonds is 5. The number of carbonyl (C=O) groups excluding carboxylic acids is 1. The van der Waals surface area contributed by atoms with E-state index in [1.165, 1.54) is 12.4 Å². The molecule has 0 radical (unpaired) electrons. The number of nitrogens with zero attached hydrogens (tertiary/aromatic N) is 3. The molecule has 188 valence electrons. The largest absolute Gasteiger partial charge is 0.497 e. The average Bonchev–Trinajstić information content (AvgIpc) is 3.19. The number of fused-ring (bicyclic) bond motifs is 3. The molecule has 1 amide bonds. The predicted molar refractivity (Wildman–Crippen MR) is 145 cm³/mol. The van der Waals surface area contributed by atoms with E-state index >= 15 is 0 Å². The first-order valence-electron chi connectivity index (χ1n) is 11.1. The number of pyridine rings is 1. The van der Waals surface area contributed by atoms with Crippen molar-refractivity contribution >= 4 is 62.5 Å². The van der Waals surface area contributed by atoms with Gasteiger partial charge >= 0.3 is 0 Å². The Balaban J connectivity index is 1.78. The van der Waals surface area contributed by atoms with Crippen LogP contribution in [0, 0.1) is 0 Å². The van der Waals surface area contributed by atoms with Crippen LogP contribution in [0.3, 0.4) is 0 Å². The van der Waals surface area contributed by atoms with Crippen molar-refractivity contribution in [2.45, 2.75) is 6.54 Å². The molecule has 0 bridgehead atoms. The number of benzene rings is 3. The highest BCUT2D eigenvalue weighted by Crippen LogP contribution is 2.39. The van der Waals surface area contributed by atoms with E-state index in [2.05, 4.69) is 9.56 Å². The number of methoxy groups -OCH3 is 2. The van der Waals surface area contributed by atoms with Crippen molar-refractivity contribution in [2.75, 3.05) is 14.2 Å². The molecule has 0 fully saturated rings. The second kappa shape index (κ2) is 10.0. The molecule has 0 saturated carbocycles. The molecule has 1 N–H and O–H groups in total. The normalized spacial score (nSPS) is 11.2. The van der Waals surface area contributed by atoms with E-state index in [0.717, 1.165) is 27.7 Å². The Labute approximate surface area is 226 Å². The second-order valence-electron chi connectivity index (χ2n) is 8.23. The predicted octanol–water partition coefficient (Wildman–Crippen LogP) is 6.60. The van der Waals surface area contributed by atoms with Crippen molar-refractivity contribution in [1.29, 1.82) is 0 Å². The molecule has 5 rings (SSSR count). The minimum Gasteiger partial charge on any atom is -0.497 e. The van der Waals surface area contributed by atoms with Gasteiger partial charge < -0.3 is 19.2 Å². The van der Waals surface area contributed by atoms with Crippen LogP contribution < -0.4 is 14.8 Å². The van der Waals surface area contributed by atoms with E-state index in [1.807, 2.05) is 36.4 Å². The monoisotopic (exact) mass is 555 g/mol. The molecule has 3 aromatic carbocycles. The standard InChI is InChI=1S/C27H20Cl3N3O4/c1-36-17-6-3-15(4-7-17)12-33-22-9-5-16(28)11-19(22)24-18(8-10-23(37-2)26(24)33)27(34)31-25-20(29)13-32(35)14-21(25)30/h3-11,13-14,35H,12H2,1-2H3. The highest BCUT2D eigenvalue weighted by Gasteiger charge is 2.22. The van der Waals surface area contributed by atoms with Crippen molar-refractivity contribution in [3.8, 4) is 11.5 Å². The van der Waals surface area contributed by atoms with Crippen LogP contribution in [0.5, 0.6) is 11.5 Å². The van der Waals surface area contributed by atoms with Crippen molar-refractivity contribution in [2.24, 2.45) is 4.99 Å². The summed E-state index contributed by atoms with van der Waals surface area (Å²) in [6, 6.07) is 16.7. The summed E-state index contributed by atoms with van der Waals surface area (Å²) >= 11 is 18.8. The zero-order chi connectivity index (χ0) is 26.3. The molecule has 10 heteroatoms. The third-order valence-electron chi connectivity index (χ3n) is 6.04. The summed E-state index contributed by atoms with van der Waals surface area (Å²) in [7, 11) is 3.20. The number of ether oxygens (including phenoxy) is 2. The molecule has 7 nitrogen and oxygen atoms in total. The first-order valence-corrected chi connectivity index (χ1v) is 12.2. The van der Waals surface area contributed by atoms with Gasteiger partial charge in [-0.05, 0) is 48.0 Å². The summed E-state index contributed by atoms with van der Waals surface area (Å²) in [4.78, 5) is 17.7. The highest BCUT2D eigenvalue weighted by molar-refractivity contribution is 6.34. The fourth-order valence-electron chi connectivity index (χ4n) is 4.37. The van der Waals surface area contributed by atoms with E-state index in [-0.39, 0.29) is 15.4 Å². The lowest BCUT2D eigenvalue weighted by atomic mass is 10.1. The molecular formula is C27H20Cl3N3O4. The third kappa shape index (κ3) is 4.62. The maximum Gasteiger partial charge on any atom is 0.278 e. The molecule has 0 aliphatic heterocycles. The molecule has 0 atom stereocenters. The minimum atomic E-state index is -0.560. The van der Waals surface area contributed by atoms with Gasteiger partial charge in [0, 0.05) is 27.9 Å². The van der Waals surface area contributed by atoms with Gasteiger partial charge in [0.05, 0.1) is 47.7 Å². The molecule has 0 aliphatic rings. The Morgan fingerprint density at radius 3 is 2.30 bits per heavy atom. The average molecular weight is 557 g/mol. The van der Waals surface area contributed by atoms with Gasteiger partial charge in [0.1, 0.15) is 16.9 Å². The number of amides is 1. The Kier molecular flexibility index (Phi) is 6.77. The van der Waals surface area contributed by atoms with Gasteiger partial charge in [0.25, 0.3) is 5.91 Å². The molecule has 37 heavy (non-hydrogen) atoms. The van der Waals surface area contributed by atoms with E-state index in [1.54, 1.807) is 32.4 Å². The summed E-state index contributed by atoms with van der Waals surface area (Å²) in [5, 5.41) is 11.7. The quantitative estimate of drug-likeness (QED) is 0.247. The number of aromatic nitrogens is 2. The zero-order valence-electron chi connectivity index (χ0n) is 19.7. The summed E-state index contributed by atoms with van der Waals surface area (Å²) in [5.74, 6) is 0.787. The first-order chi connectivity index (χ1) is 17.8. The number of carbonyl (C=O) groups is 1. The van der Waals surface area contributed by atoms with Crippen molar-refractivity contribution < 1.29 is 19.5 Å². The van der Waals surface area contributed by atoms with Crippen LogP contribution in [0.2, 0.25) is 15.1 Å². The minimum absolute atomic E-state index is 0.0260. The zero-order valence-corrected chi connectivity index (χ0v) is 22.0.